The first-order valence-electron chi connectivity index (χ1n) is 9.45. The second kappa shape index (κ2) is 7.25. The van der Waals surface area contributed by atoms with Crippen LogP contribution < -0.4 is 0 Å². The lowest BCUT2D eigenvalue weighted by Gasteiger charge is -2.14. The maximum atomic E-state index is 2.32. The van der Waals surface area contributed by atoms with Crippen molar-refractivity contribution in [1.82, 2.24) is 0 Å². The van der Waals surface area contributed by atoms with Gasteiger partial charge in [-0.15, -0.1) is 0 Å². The van der Waals surface area contributed by atoms with E-state index in [1.807, 2.05) is 0 Å². The average molecular weight is 348 g/mol. The summed E-state index contributed by atoms with van der Waals surface area (Å²) in [4.78, 5) is 0. The Kier molecular flexibility index (Phi) is 4.64. The molecule has 0 amide bonds. The Morgan fingerprint density at radius 1 is 0.333 bits per heavy atom. The van der Waals surface area contributed by atoms with E-state index in [0.29, 0.717) is 0 Å². The first-order valence-corrected chi connectivity index (χ1v) is 9.45. The smallest absolute Gasteiger partial charge is 0.00992 e. The Bertz CT molecular complexity index is 1050. The minimum atomic E-state index is 1.25. The summed E-state index contributed by atoms with van der Waals surface area (Å²) in [5.74, 6) is 0. The summed E-state index contributed by atoms with van der Waals surface area (Å²) in [6.07, 6.45) is 0. The van der Waals surface area contributed by atoms with Crippen molar-refractivity contribution in [2.45, 2.75) is 20.8 Å². The summed E-state index contributed by atoms with van der Waals surface area (Å²) in [6.45, 7) is 6.39. The minimum Gasteiger partial charge on any atom is -0.0587 e. The highest BCUT2D eigenvalue weighted by Crippen LogP contribution is 2.36. The average Bonchev–Trinajstić information content (AvgIpc) is 2.69. The molecular weight excluding hydrogens is 324 g/mol. The van der Waals surface area contributed by atoms with Crippen LogP contribution in [0.2, 0.25) is 0 Å². The largest absolute Gasteiger partial charge is 0.0587 e. The maximum Gasteiger partial charge on any atom is -0.00992 e. The van der Waals surface area contributed by atoms with Gasteiger partial charge in [-0.05, 0) is 60.2 Å². The van der Waals surface area contributed by atoms with Crippen LogP contribution in [0.25, 0.3) is 33.4 Å². The first-order chi connectivity index (χ1) is 13.1. The Morgan fingerprint density at radius 3 is 1.19 bits per heavy atom. The third-order valence-corrected chi connectivity index (χ3v) is 5.13. The zero-order valence-corrected chi connectivity index (χ0v) is 16.2. The van der Waals surface area contributed by atoms with Crippen molar-refractivity contribution in [2.24, 2.45) is 0 Å². The minimum absolute atomic E-state index is 1.25. The molecule has 0 aromatic heterocycles. The van der Waals surface area contributed by atoms with Gasteiger partial charge < -0.3 is 0 Å². The van der Waals surface area contributed by atoms with Crippen molar-refractivity contribution in [3.8, 4) is 33.4 Å². The fraction of sp³-hybridized carbons (Fsp3) is 0.111. The Morgan fingerprint density at radius 2 is 0.704 bits per heavy atom. The van der Waals surface area contributed by atoms with Gasteiger partial charge >= 0.3 is 0 Å². The van der Waals surface area contributed by atoms with Gasteiger partial charge in [0, 0.05) is 0 Å². The molecule has 0 nitrogen and oxygen atoms in total. The number of hydrogen-bond donors (Lipinski definition) is 0. The zero-order valence-electron chi connectivity index (χ0n) is 16.2. The van der Waals surface area contributed by atoms with Crippen LogP contribution in [-0.4, -0.2) is 0 Å². The van der Waals surface area contributed by atoms with Crippen LogP contribution in [0.15, 0.2) is 91.0 Å². The highest BCUT2D eigenvalue weighted by atomic mass is 14.1. The molecule has 132 valence electrons. The van der Waals surface area contributed by atoms with Crippen LogP contribution in [0, 0.1) is 20.8 Å². The molecule has 0 heterocycles. The van der Waals surface area contributed by atoms with Gasteiger partial charge in [0.2, 0.25) is 0 Å². The zero-order chi connectivity index (χ0) is 18.8. The molecule has 4 aromatic carbocycles. The van der Waals surface area contributed by atoms with Gasteiger partial charge in [-0.1, -0.05) is 102 Å². The lowest BCUT2D eigenvalue weighted by atomic mass is 9.90. The summed E-state index contributed by atoms with van der Waals surface area (Å²) in [6, 6.07) is 33.2. The lowest BCUT2D eigenvalue weighted by molar-refractivity contribution is 1.45. The van der Waals surface area contributed by atoms with Crippen molar-refractivity contribution in [3.63, 3.8) is 0 Å². The molecule has 0 spiro atoms. The summed E-state index contributed by atoms with van der Waals surface area (Å²) >= 11 is 0. The molecule has 0 saturated heterocycles. The summed E-state index contributed by atoms with van der Waals surface area (Å²) in [7, 11) is 0. The topological polar surface area (TPSA) is 0 Å². The Labute approximate surface area is 162 Å². The predicted octanol–water partition coefficient (Wildman–Crippen LogP) is 7.61. The molecule has 0 radical (unpaired) electrons. The van der Waals surface area contributed by atoms with Crippen molar-refractivity contribution < 1.29 is 0 Å². The van der Waals surface area contributed by atoms with Crippen molar-refractivity contribution >= 4 is 0 Å². The van der Waals surface area contributed by atoms with Crippen LogP contribution in [0.3, 0.4) is 0 Å². The highest BCUT2D eigenvalue weighted by Gasteiger charge is 2.10. The van der Waals surface area contributed by atoms with Gasteiger partial charge in [-0.3, -0.25) is 0 Å². The monoisotopic (exact) mass is 348 g/mol. The Balaban J connectivity index is 1.89. The second-order valence-electron chi connectivity index (χ2n) is 7.36. The number of rotatable bonds is 3. The van der Waals surface area contributed by atoms with Gasteiger partial charge in [-0.25, -0.2) is 0 Å². The van der Waals surface area contributed by atoms with Gasteiger partial charge in [0.05, 0.1) is 0 Å². The lowest BCUT2D eigenvalue weighted by Crippen LogP contribution is -1.88. The first kappa shape index (κ1) is 17.3. The molecule has 0 saturated carbocycles. The SMILES string of the molecule is Cc1ccc(-c2ccc(-c3ccc(C)cc3)c(-c3ccc(C)cc3)c2)cc1. The number of aryl methyl sites for hydroxylation is 3. The van der Waals surface area contributed by atoms with Crippen molar-refractivity contribution in [3.05, 3.63) is 108 Å². The fourth-order valence-corrected chi connectivity index (χ4v) is 3.43. The van der Waals surface area contributed by atoms with E-state index in [4.69, 9.17) is 0 Å². The van der Waals surface area contributed by atoms with Crippen LogP contribution in [0.4, 0.5) is 0 Å². The highest BCUT2D eigenvalue weighted by molar-refractivity contribution is 5.87. The molecule has 0 unspecified atom stereocenters. The molecule has 0 atom stereocenters. The standard InChI is InChI=1S/C27H24/c1-19-4-10-22(11-5-19)25-16-17-26(23-12-6-20(2)7-13-23)27(18-25)24-14-8-21(3)9-15-24/h4-18H,1-3H3. The third kappa shape index (κ3) is 3.71. The van der Waals surface area contributed by atoms with Crippen LogP contribution >= 0.6 is 0 Å². The molecule has 0 aliphatic carbocycles. The summed E-state index contributed by atoms with van der Waals surface area (Å²) in [5, 5.41) is 0. The predicted molar refractivity (Wildman–Crippen MR) is 117 cm³/mol. The van der Waals surface area contributed by atoms with Crippen molar-refractivity contribution in [2.75, 3.05) is 0 Å². The maximum absolute atomic E-state index is 2.32. The molecule has 0 aliphatic heterocycles. The van der Waals surface area contributed by atoms with E-state index in [1.54, 1.807) is 0 Å². The van der Waals surface area contributed by atoms with E-state index in [9.17, 15) is 0 Å². The summed E-state index contributed by atoms with van der Waals surface area (Å²) < 4.78 is 0. The molecule has 27 heavy (non-hydrogen) atoms. The van der Waals surface area contributed by atoms with E-state index in [0.717, 1.165) is 0 Å². The van der Waals surface area contributed by atoms with Crippen LogP contribution in [0.1, 0.15) is 16.7 Å². The molecule has 0 aliphatic rings. The number of benzene rings is 4. The van der Waals surface area contributed by atoms with Gasteiger partial charge in [0.15, 0.2) is 0 Å². The fourth-order valence-electron chi connectivity index (χ4n) is 3.43. The van der Waals surface area contributed by atoms with Crippen LogP contribution in [-0.2, 0) is 0 Å². The molecule has 0 heteroatoms. The normalized spacial score (nSPS) is 10.8. The van der Waals surface area contributed by atoms with E-state index >= 15 is 0 Å². The quantitative estimate of drug-likeness (QED) is 0.357. The molecule has 0 N–H and O–H groups in total. The van der Waals surface area contributed by atoms with Crippen LogP contribution in [0.5, 0.6) is 0 Å². The molecule has 4 aromatic rings. The second-order valence-corrected chi connectivity index (χ2v) is 7.36. The van der Waals surface area contributed by atoms with Crippen molar-refractivity contribution in [1.29, 1.82) is 0 Å². The van der Waals surface area contributed by atoms with Gasteiger partial charge in [0.1, 0.15) is 0 Å². The third-order valence-electron chi connectivity index (χ3n) is 5.13. The molecular formula is C27H24. The van der Waals surface area contributed by atoms with Gasteiger partial charge in [-0.2, -0.15) is 0 Å². The van der Waals surface area contributed by atoms with E-state index in [-0.39, 0.29) is 0 Å². The number of hydrogen-bond acceptors (Lipinski definition) is 0. The summed E-state index contributed by atoms with van der Waals surface area (Å²) in [5.41, 5.74) is 11.4. The van der Waals surface area contributed by atoms with E-state index in [1.165, 1.54) is 50.1 Å². The van der Waals surface area contributed by atoms with Gasteiger partial charge in [0.25, 0.3) is 0 Å². The Hall–Kier alpha value is -3.12. The van der Waals surface area contributed by atoms with E-state index < -0.39 is 0 Å². The molecule has 0 fully saturated rings. The molecule has 0 bridgehead atoms. The van der Waals surface area contributed by atoms with E-state index in [2.05, 4.69) is 112 Å². The molecule has 4 rings (SSSR count).